The van der Waals surface area contributed by atoms with Gasteiger partial charge in [0, 0.05) is 6.04 Å². The van der Waals surface area contributed by atoms with Gasteiger partial charge in [-0.15, -0.1) is 0 Å². The molecule has 1 unspecified atom stereocenters. The normalized spacial score (nSPS) is 13.3. The number of benzene rings is 2. The molecule has 0 radical (unpaired) electrons. The van der Waals surface area contributed by atoms with Crippen LogP contribution in [0.3, 0.4) is 0 Å². The second-order valence-corrected chi connectivity index (χ2v) is 6.54. The lowest BCUT2D eigenvalue weighted by Gasteiger charge is -2.18. The molecule has 2 rings (SSSR count). The Labute approximate surface area is 153 Å². The summed E-state index contributed by atoms with van der Waals surface area (Å²) in [5.41, 5.74) is 3.86. The van der Waals surface area contributed by atoms with Crippen molar-refractivity contribution in [1.82, 2.24) is 5.32 Å². The van der Waals surface area contributed by atoms with E-state index in [4.69, 9.17) is 0 Å². The summed E-state index contributed by atoms with van der Waals surface area (Å²) in [5.74, 6) is 0. The minimum atomic E-state index is -4.28. The Morgan fingerprint density at radius 1 is 1.12 bits per heavy atom. The molecule has 0 bridgehead atoms. The lowest BCUT2D eigenvalue weighted by Crippen LogP contribution is -2.21. The lowest BCUT2D eigenvalue weighted by molar-refractivity contribution is -0.137. The highest BCUT2D eigenvalue weighted by Crippen LogP contribution is 2.29. The molecule has 140 valence electrons. The Balaban J connectivity index is 1.90. The van der Waals surface area contributed by atoms with Crippen LogP contribution in [0.15, 0.2) is 48.5 Å². The minimum absolute atomic E-state index is 0.196. The van der Waals surface area contributed by atoms with E-state index < -0.39 is 11.7 Å². The molecule has 1 nitrogen and oxygen atoms in total. The Morgan fingerprint density at radius 3 is 2.54 bits per heavy atom. The standard InChI is InChI=1S/C22H26F3N/c1-4-8-19-11-6-13-21(16(19)2)17(3)26-14-7-10-18-9-5-12-20(15-18)22(23,24)25/h4-6,8-9,11-13,15,17,26H,7,10,14H2,1-3H3. The van der Waals surface area contributed by atoms with Gasteiger partial charge in [0.05, 0.1) is 5.56 Å². The van der Waals surface area contributed by atoms with E-state index in [1.165, 1.54) is 28.8 Å². The summed E-state index contributed by atoms with van der Waals surface area (Å²) in [5, 5.41) is 3.48. The first-order valence-electron chi connectivity index (χ1n) is 8.94. The quantitative estimate of drug-likeness (QED) is 0.568. The number of aryl methyl sites for hydroxylation is 1. The minimum Gasteiger partial charge on any atom is -0.310 e. The molecule has 0 amide bonds. The van der Waals surface area contributed by atoms with Gasteiger partial charge in [0.2, 0.25) is 0 Å². The summed E-state index contributed by atoms with van der Waals surface area (Å²) < 4.78 is 38.3. The van der Waals surface area contributed by atoms with Gasteiger partial charge in [0.15, 0.2) is 0 Å². The van der Waals surface area contributed by atoms with Crippen LogP contribution in [0.1, 0.15) is 54.1 Å². The average molecular weight is 361 g/mol. The van der Waals surface area contributed by atoms with Crippen LogP contribution in [-0.2, 0) is 12.6 Å². The van der Waals surface area contributed by atoms with Gasteiger partial charge < -0.3 is 5.32 Å². The van der Waals surface area contributed by atoms with Crippen molar-refractivity contribution in [1.29, 1.82) is 0 Å². The Bertz CT molecular complexity index is 747. The summed E-state index contributed by atoms with van der Waals surface area (Å²) in [6, 6.07) is 12.1. The number of halogens is 3. The van der Waals surface area contributed by atoms with Gasteiger partial charge in [-0.05, 0) is 68.5 Å². The first-order chi connectivity index (χ1) is 12.3. The van der Waals surface area contributed by atoms with E-state index in [1.54, 1.807) is 6.07 Å². The number of rotatable bonds is 7. The Morgan fingerprint density at radius 2 is 1.85 bits per heavy atom. The number of hydrogen-bond acceptors (Lipinski definition) is 1. The highest BCUT2D eigenvalue weighted by Gasteiger charge is 2.30. The molecule has 0 saturated heterocycles. The third kappa shape index (κ3) is 5.46. The summed E-state index contributed by atoms with van der Waals surface area (Å²) in [6.45, 7) is 6.99. The van der Waals surface area contributed by atoms with E-state index in [-0.39, 0.29) is 6.04 Å². The van der Waals surface area contributed by atoms with Crippen molar-refractivity contribution in [3.63, 3.8) is 0 Å². The second kappa shape index (κ2) is 9.04. The third-order valence-electron chi connectivity index (χ3n) is 4.58. The van der Waals surface area contributed by atoms with Gasteiger partial charge in [-0.1, -0.05) is 48.6 Å². The van der Waals surface area contributed by atoms with Crippen LogP contribution in [0.25, 0.3) is 6.08 Å². The summed E-state index contributed by atoms with van der Waals surface area (Å²) in [6.07, 6.45) is 1.26. The van der Waals surface area contributed by atoms with E-state index >= 15 is 0 Å². The fourth-order valence-corrected chi connectivity index (χ4v) is 3.13. The van der Waals surface area contributed by atoms with E-state index in [0.29, 0.717) is 6.42 Å². The van der Waals surface area contributed by atoms with Gasteiger partial charge in [0.25, 0.3) is 0 Å². The molecule has 1 N–H and O–H groups in total. The van der Waals surface area contributed by atoms with Gasteiger partial charge in [0.1, 0.15) is 0 Å². The maximum Gasteiger partial charge on any atom is 0.416 e. The summed E-state index contributed by atoms with van der Waals surface area (Å²) >= 11 is 0. The zero-order chi connectivity index (χ0) is 19.2. The molecule has 26 heavy (non-hydrogen) atoms. The Hall–Kier alpha value is -2.07. The van der Waals surface area contributed by atoms with Crippen molar-refractivity contribution in [3.05, 3.63) is 76.4 Å². The number of allylic oxidation sites excluding steroid dienone is 1. The van der Waals surface area contributed by atoms with Crippen LogP contribution < -0.4 is 5.32 Å². The average Bonchev–Trinajstić information content (AvgIpc) is 2.60. The van der Waals surface area contributed by atoms with E-state index in [9.17, 15) is 13.2 Å². The molecule has 0 spiro atoms. The van der Waals surface area contributed by atoms with E-state index in [2.05, 4.69) is 43.4 Å². The summed E-state index contributed by atoms with van der Waals surface area (Å²) in [7, 11) is 0. The smallest absolute Gasteiger partial charge is 0.310 e. The van der Waals surface area contributed by atoms with Crippen LogP contribution in [0, 0.1) is 6.92 Å². The maximum atomic E-state index is 12.8. The van der Waals surface area contributed by atoms with E-state index in [0.717, 1.165) is 24.6 Å². The topological polar surface area (TPSA) is 12.0 Å². The van der Waals surface area contributed by atoms with Gasteiger partial charge in [-0.2, -0.15) is 13.2 Å². The van der Waals surface area contributed by atoms with Crippen molar-refractivity contribution in [2.75, 3.05) is 6.54 Å². The number of alkyl halides is 3. The van der Waals surface area contributed by atoms with Crippen molar-refractivity contribution in [2.24, 2.45) is 0 Å². The van der Waals surface area contributed by atoms with Crippen LogP contribution in [0.5, 0.6) is 0 Å². The lowest BCUT2D eigenvalue weighted by atomic mass is 9.97. The molecular formula is C22H26F3N. The monoisotopic (exact) mass is 361 g/mol. The van der Waals surface area contributed by atoms with Gasteiger partial charge in [-0.3, -0.25) is 0 Å². The molecule has 0 aliphatic rings. The maximum absolute atomic E-state index is 12.8. The van der Waals surface area contributed by atoms with Crippen molar-refractivity contribution >= 4 is 6.08 Å². The van der Waals surface area contributed by atoms with Gasteiger partial charge in [-0.25, -0.2) is 0 Å². The summed E-state index contributed by atoms with van der Waals surface area (Å²) in [4.78, 5) is 0. The van der Waals surface area contributed by atoms with Crippen LogP contribution in [0.4, 0.5) is 13.2 Å². The number of hydrogen-bond donors (Lipinski definition) is 1. The molecule has 0 aliphatic heterocycles. The number of nitrogens with one attached hydrogen (secondary N) is 1. The first-order valence-corrected chi connectivity index (χ1v) is 8.94. The molecule has 4 heteroatoms. The molecule has 2 aromatic rings. The van der Waals surface area contributed by atoms with Crippen molar-refractivity contribution in [3.8, 4) is 0 Å². The van der Waals surface area contributed by atoms with Crippen LogP contribution in [0.2, 0.25) is 0 Å². The molecule has 1 atom stereocenters. The highest BCUT2D eigenvalue weighted by molar-refractivity contribution is 5.55. The first kappa shape index (κ1) is 20.2. The zero-order valence-electron chi connectivity index (χ0n) is 15.5. The van der Waals surface area contributed by atoms with Crippen LogP contribution >= 0.6 is 0 Å². The van der Waals surface area contributed by atoms with Crippen LogP contribution in [-0.4, -0.2) is 6.54 Å². The largest absolute Gasteiger partial charge is 0.416 e. The predicted octanol–water partition coefficient (Wildman–Crippen LogP) is 6.33. The molecule has 0 aliphatic carbocycles. The molecule has 0 saturated carbocycles. The van der Waals surface area contributed by atoms with Crippen molar-refractivity contribution < 1.29 is 13.2 Å². The fraction of sp³-hybridized carbons (Fsp3) is 0.364. The molecule has 0 fully saturated rings. The second-order valence-electron chi connectivity index (χ2n) is 6.54. The molecule has 2 aromatic carbocycles. The van der Waals surface area contributed by atoms with Crippen molar-refractivity contribution in [2.45, 2.75) is 45.8 Å². The molecule has 0 aromatic heterocycles. The fourth-order valence-electron chi connectivity index (χ4n) is 3.13. The van der Waals surface area contributed by atoms with Gasteiger partial charge >= 0.3 is 6.18 Å². The predicted molar refractivity (Wildman–Crippen MR) is 102 cm³/mol. The van der Waals surface area contributed by atoms with E-state index in [1.807, 2.05) is 13.0 Å². The highest BCUT2D eigenvalue weighted by atomic mass is 19.4. The molecular weight excluding hydrogens is 335 g/mol. The zero-order valence-corrected chi connectivity index (χ0v) is 15.5. The Kier molecular flexibility index (Phi) is 7.04. The third-order valence-corrected chi connectivity index (χ3v) is 4.58. The molecule has 0 heterocycles. The SMILES string of the molecule is CC=Cc1cccc(C(C)NCCCc2cccc(C(F)(F)F)c2)c1C.